The molecule has 1 aliphatic heterocycles. The summed E-state index contributed by atoms with van der Waals surface area (Å²) >= 11 is 0. The zero-order chi connectivity index (χ0) is 13.6. The fourth-order valence-electron chi connectivity index (χ4n) is 3.14. The number of hydrogen-bond acceptors (Lipinski definition) is 4. The monoisotopic (exact) mass is 273 g/mol. The van der Waals surface area contributed by atoms with Gasteiger partial charge in [0.25, 0.3) is 0 Å². The quantitative estimate of drug-likeness (QED) is 0.773. The van der Waals surface area contributed by atoms with E-state index >= 15 is 0 Å². The van der Waals surface area contributed by atoms with Gasteiger partial charge in [0.05, 0.1) is 11.5 Å². The molecule has 2 rings (SSSR count). The van der Waals surface area contributed by atoms with Gasteiger partial charge in [-0.3, -0.25) is 4.79 Å². The number of Topliss-reactive ketones (excluding diaryl/α,β-unsaturated/α-hetero) is 1. The molecule has 2 aliphatic rings. The number of rotatable bonds is 3. The lowest BCUT2D eigenvalue weighted by Gasteiger charge is -2.26. The number of carbonyl (C=O) groups is 1. The molecular formula is C13H23NO3S. The highest BCUT2D eigenvalue weighted by Gasteiger charge is 2.41. The van der Waals surface area contributed by atoms with Gasteiger partial charge in [0, 0.05) is 23.9 Å². The summed E-state index contributed by atoms with van der Waals surface area (Å²) in [4.78, 5) is 14.2. The summed E-state index contributed by atoms with van der Waals surface area (Å²) in [7, 11) is -0.889. The van der Waals surface area contributed by atoms with Crippen LogP contribution in [0.5, 0.6) is 0 Å². The molecule has 1 saturated carbocycles. The molecule has 18 heavy (non-hydrogen) atoms. The molecule has 5 heteroatoms. The van der Waals surface area contributed by atoms with Gasteiger partial charge < -0.3 is 4.90 Å². The molecule has 1 aliphatic carbocycles. The molecule has 0 amide bonds. The minimum atomic E-state index is -2.84. The Bertz CT molecular complexity index is 441. The van der Waals surface area contributed by atoms with E-state index in [1.807, 2.05) is 20.9 Å². The van der Waals surface area contributed by atoms with E-state index in [1.54, 1.807) is 0 Å². The van der Waals surface area contributed by atoms with Crippen LogP contribution >= 0.6 is 0 Å². The maximum Gasteiger partial charge on any atom is 0.151 e. The molecule has 2 fully saturated rings. The third kappa shape index (κ3) is 2.77. The number of sulfone groups is 1. The number of ketones is 1. The van der Waals surface area contributed by atoms with Gasteiger partial charge in [0.15, 0.2) is 9.84 Å². The SMILES string of the molecule is CN(CC1CCC(C)(C)C1=O)C1CCS(=O)(=O)C1. The molecule has 0 aromatic carbocycles. The smallest absolute Gasteiger partial charge is 0.151 e. The van der Waals surface area contributed by atoms with E-state index in [0.29, 0.717) is 24.5 Å². The van der Waals surface area contributed by atoms with Crippen molar-refractivity contribution >= 4 is 15.6 Å². The molecule has 0 N–H and O–H groups in total. The summed E-state index contributed by atoms with van der Waals surface area (Å²) in [6, 6.07) is 0.103. The van der Waals surface area contributed by atoms with Crippen molar-refractivity contribution in [3.8, 4) is 0 Å². The highest BCUT2D eigenvalue weighted by Crippen LogP contribution is 2.38. The van der Waals surface area contributed by atoms with Gasteiger partial charge in [-0.15, -0.1) is 0 Å². The van der Waals surface area contributed by atoms with Crippen molar-refractivity contribution in [2.24, 2.45) is 11.3 Å². The van der Waals surface area contributed by atoms with Crippen molar-refractivity contribution in [2.45, 2.75) is 39.2 Å². The van der Waals surface area contributed by atoms with Crippen LogP contribution in [0.1, 0.15) is 33.1 Å². The summed E-state index contributed by atoms with van der Waals surface area (Å²) in [5.41, 5.74) is -0.187. The highest BCUT2D eigenvalue weighted by atomic mass is 32.2. The van der Waals surface area contributed by atoms with Gasteiger partial charge >= 0.3 is 0 Å². The zero-order valence-electron chi connectivity index (χ0n) is 11.5. The molecule has 0 radical (unpaired) electrons. The van der Waals surface area contributed by atoms with Gasteiger partial charge in [-0.1, -0.05) is 13.8 Å². The van der Waals surface area contributed by atoms with Gasteiger partial charge in [-0.2, -0.15) is 0 Å². The second kappa shape index (κ2) is 4.60. The van der Waals surface area contributed by atoms with Crippen molar-refractivity contribution < 1.29 is 13.2 Å². The van der Waals surface area contributed by atoms with Crippen molar-refractivity contribution in [2.75, 3.05) is 25.1 Å². The Kier molecular flexibility index (Phi) is 3.58. The van der Waals surface area contributed by atoms with Crippen molar-refractivity contribution in [3.05, 3.63) is 0 Å². The standard InChI is InChI=1S/C13H23NO3S/c1-13(2)6-4-10(12(13)15)8-14(3)11-5-7-18(16,17)9-11/h10-11H,4-9H2,1-3H3. The zero-order valence-corrected chi connectivity index (χ0v) is 12.3. The Morgan fingerprint density at radius 3 is 2.44 bits per heavy atom. The second-order valence-corrected chi connectivity index (χ2v) is 8.71. The molecule has 4 nitrogen and oxygen atoms in total. The van der Waals surface area contributed by atoms with E-state index < -0.39 is 9.84 Å². The van der Waals surface area contributed by atoms with Crippen LogP contribution < -0.4 is 0 Å². The first kappa shape index (κ1) is 14.0. The largest absolute Gasteiger partial charge is 0.302 e. The van der Waals surface area contributed by atoms with Crippen LogP contribution in [0.15, 0.2) is 0 Å². The Balaban J connectivity index is 1.93. The molecule has 0 aromatic rings. The molecule has 1 heterocycles. The van der Waals surface area contributed by atoms with Crippen molar-refractivity contribution in [3.63, 3.8) is 0 Å². The average molecular weight is 273 g/mol. The van der Waals surface area contributed by atoms with E-state index in [-0.39, 0.29) is 23.1 Å². The van der Waals surface area contributed by atoms with Crippen molar-refractivity contribution in [1.82, 2.24) is 4.90 Å². The second-order valence-electron chi connectivity index (χ2n) is 6.48. The first-order chi connectivity index (χ1) is 8.21. The average Bonchev–Trinajstić information content (AvgIpc) is 2.73. The van der Waals surface area contributed by atoms with E-state index in [1.165, 1.54) is 0 Å². The first-order valence-electron chi connectivity index (χ1n) is 6.66. The Morgan fingerprint density at radius 2 is 2.00 bits per heavy atom. The lowest BCUT2D eigenvalue weighted by atomic mass is 9.89. The summed E-state index contributed by atoms with van der Waals surface area (Å²) in [6.07, 6.45) is 2.60. The van der Waals surface area contributed by atoms with Crippen LogP contribution in [-0.2, 0) is 14.6 Å². The minimum Gasteiger partial charge on any atom is -0.302 e. The maximum atomic E-state index is 12.2. The molecule has 0 aromatic heterocycles. The Labute approximate surface area is 110 Å². The van der Waals surface area contributed by atoms with E-state index in [4.69, 9.17) is 0 Å². The van der Waals surface area contributed by atoms with E-state index in [9.17, 15) is 13.2 Å². The van der Waals surface area contributed by atoms with Gasteiger partial charge in [0.1, 0.15) is 5.78 Å². The molecule has 1 saturated heterocycles. The number of nitrogens with zero attached hydrogens (tertiary/aromatic N) is 1. The predicted molar refractivity (Wildman–Crippen MR) is 71.2 cm³/mol. The summed E-state index contributed by atoms with van der Waals surface area (Å²) in [5, 5.41) is 0. The Hall–Kier alpha value is -0.420. The van der Waals surface area contributed by atoms with Crippen LogP contribution in [0, 0.1) is 11.3 Å². The molecule has 2 atom stereocenters. The van der Waals surface area contributed by atoms with Gasteiger partial charge in [0.2, 0.25) is 0 Å². The third-order valence-corrected chi connectivity index (χ3v) is 6.25. The highest BCUT2D eigenvalue weighted by molar-refractivity contribution is 7.91. The van der Waals surface area contributed by atoms with Crippen LogP contribution in [-0.4, -0.2) is 50.2 Å². The number of carbonyl (C=O) groups excluding carboxylic acids is 1. The molecular weight excluding hydrogens is 250 g/mol. The van der Waals surface area contributed by atoms with E-state index in [2.05, 4.69) is 4.90 Å². The lowest BCUT2D eigenvalue weighted by Crippen LogP contribution is -2.38. The number of hydrogen-bond donors (Lipinski definition) is 0. The van der Waals surface area contributed by atoms with Crippen LogP contribution in [0.25, 0.3) is 0 Å². The van der Waals surface area contributed by atoms with Crippen LogP contribution in [0.4, 0.5) is 0 Å². The Morgan fingerprint density at radius 1 is 1.33 bits per heavy atom. The van der Waals surface area contributed by atoms with Gasteiger partial charge in [-0.05, 0) is 26.3 Å². The minimum absolute atomic E-state index is 0.0910. The fraction of sp³-hybridized carbons (Fsp3) is 0.923. The topological polar surface area (TPSA) is 54.5 Å². The van der Waals surface area contributed by atoms with Crippen molar-refractivity contribution in [1.29, 1.82) is 0 Å². The van der Waals surface area contributed by atoms with Crippen LogP contribution in [0.2, 0.25) is 0 Å². The molecule has 104 valence electrons. The maximum absolute atomic E-state index is 12.2. The third-order valence-electron chi connectivity index (χ3n) is 4.50. The molecule has 2 unspecified atom stereocenters. The normalized spacial score (nSPS) is 34.3. The predicted octanol–water partition coefficient (Wildman–Crippen LogP) is 1.11. The van der Waals surface area contributed by atoms with Crippen LogP contribution in [0.3, 0.4) is 0 Å². The molecule has 0 spiro atoms. The van der Waals surface area contributed by atoms with Gasteiger partial charge in [-0.25, -0.2) is 8.42 Å². The molecule has 0 bridgehead atoms. The van der Waals surface area contributed by atoms with E-state index in [0.717, 1.165) is 12.8 Å². The fourth-order valence-corrected chi connectivity index (χ4v) is 4.94. The summed E-state index contributed by atoms with van der Waals surface area (Å²) in [6.45, 7) is 4.73. The summed E-state index contributed by atoms with van der Waals surface area (Å²) in [5.74, 6) is 0.989. The summed E-state index contributed by atoms with van der Waals surface area (Å²) < 4.78 is 22.9. The lowest BCUT2D eigenvalue weighted by molar-refractivity contribution is -0.128. The first-order valence-corrected chi connectivity index (χ1v) is 8.48.